The van der Waals surface area contributed by atoms with Crippen LogP contribution in [0.2, 0.25) is 0 Å². The number of hydrogen-bond acceptors (Lipinski definition) is 3. The van der Waals surface area contributed by atoms with Crippen LogP contribution in [0.5, 0.6) is 0 Å². The van der Waals surface area contributed by atoms with Crippen LogP contribution in [-0.2, 0) is 0 Å². The molecule has 2 unspecified atom stereocenters. The molecule has 3 nitrogen and oxygen atoms in total. The van der Waals surface area contributed by atoms with Crippen LogP contribution < -0.4 is 5.32 Å². The first-order valence-electron chi connectivity index (χ1n) is 5.88. The van der Waals surface area contributed by atoms with Crippen molar-refractivity contribution in [1.29, 1.82) is 0 Å². The summed E-state index contributed by atoms with van der Waals surface area (Å²) in [4.78, 5) is 4.98. The van der Waals surface area contributed by atoms with Crippen LogP contribution in [0, 0.1) is 0 Å². The highest BCUT2D eigenvalue weighted by Gasteiger charge is 2.40. The highest BCUT2D eigenvalue weighted by Crippen LogP contribution is 2.28. The molecule has 14 heavy (non-hydrogen) atoms. The molecular weight excluding hydrogens is 174 g/mol. The number of nitrogens with one attached hydrogen (secondary N) is 1. The Morgan fingerprint density at radius 3 is 2.50 bits per heavy atom. The van der Waals surface area contributed by atoms with Crippen LogP contribution in [0.1, 0.15) is 19.3 Å². The van der Waals surface area contributed by atoms with Gasteiger partial charge in [-0.05, 0) is 46.4 Å². The number of rotatable bonds is 5. The molecule has 1 N–H and O–H groups in total. The van der Waals surface area contributed by atoms with E-state index in [1.165, 1.54) is 45.4 Å². The third-order valence-corrected chi connectivity index (χ3v) is 3.51. The van der Waals surface area contributed by atoms with Gasteiger partial charge in [-0.2, -0.15) is 0 Å². The quantitative estimate of drug-likeness (QED) is 0.643. The fraction of sp³-hybridized carbons (Fsp3) is 1.00. The van der Waals surface area contributed by atoms with Crippen LogP contribution in [0.15, 0.2) is 0 Å². The average Bonchev–Trinajstić information content (AvgIpc) is 2.18. The molecule has 3 heteroatoms. The van der Waals surface area contributed by atoms with Crippen molar-refractivity contribution in [2.75, 3.05) is 40.3 Å². The Bertz CT molecular complexity index is 167. The number of piperazine rings is 1. The predicted octanol–water partition coefficient (Wildman–Crippen LogP) is 0.374. The van der Waals surface area contributed by atoms with E-state index in [9.17, 15) is 0 Å². The molecule has 0 saturated carbocycles. The van der Waals surface area contributed by atoms with Gasteiger partial charge in [-0.3, -0.25) is 4.90 Å². The summed E-state index contributed by atoms with van der Waals surface area (Å²) in [6.45, 7) is 5.01. The molecule has 3 rings (SSSR count). The van der Waals surface area contributed by atoms with Crippen molar-refractivity contribution in [1.82, 2.24) is 15.1 Å². The van der Waals surface area contributed by atoms with E-state index in [2.05, 4.69) is 29.2 Å². The SMILES string of the molecule is CN(C)CCCCN1C2CNCC1C2. The number of fused-ring (bicyclic) bond motifs is 2. The third-order valence-electron chi connectivity index (χ3n) is 3.51. The van der Waals surface area contributed by atoms with E-state index in [0.29, 0.717) is 0 Å². The number of unbranched alkanes of at least 4 members (excludes halogenated alkanes) is 1. The lowest BCUT2D eigenvalue weighted by Gasteiger charge is -2.53. The Morgan fingerprint density at radius 1 is 1.21 bits per heavy atom. The largest absolute Gasteiger partial charge is 0.314 e. The van der Waals surface area contributed by atoms with Gasteiger partial charge in [-0.15, -0.1) is 0 Å². The van der Waals surface area contributed by atoms with Crippen molar-refractivity contribution in [3.63, 3.8) is 0 Å². The van der Waals surface area contributed by atoms with Gasteiger partial charge in [0, 0.05) is 25.2 Å². The standard InChI is InChI=1S/C11H23N3/c1-13(2)5-3-4-6-14-10-7-11(14)9-12-8-10/h10-12H,3-9H2,1-2H3. The number of nitrogens with zero attached hydrogens (tertiary/aromatic N) is 2. The van der Waals surface area contributed by atoms with E-state index in [0.717, 1.165) is 12.1 Å². The molecular formula is C11H23N3. The summed E-state index contributed by atoms with van der Waals surface area (Å²) in [5.41, 5.74) is 0. The summed E-state index contributed by atoms with van der Waals surface area (Å²) in [6.07, 6.45) is 4.15. The van der Waals surface area contributed by atoms with Crippen molar-refractivity contribution in [2.24, 2.45) is 0 Å². The van der Waals surface area contributed by atoms with Gasteiger partial charge in [0.1, 0.15) is 0 Å². The molecule has 0 aromatic rings. The van der Waals surface area contributed by atoms with Gasteiger partial charge in [-0.1, -0.05) is 0 Å². The molecule has 0 aromatic heterocycles. The van der Waals surface area contributed by atoms with Gasteiger partial charge in [0.25, 0.3) is 0 Å². The van der Waals surface area contributed by atoms with Crippen molar-refractivity contribution >= 4 is 0 Å². The van der Waals surface area contributed by atoms with Crippen LogP contribution >= 0.6 is 0 Å². The Balaban J connectivity index is 1.58. The maximum atomic E-state index is 3.47. The van der Waals surface area contributed by atoms with Crippen molar-refractivity contribution in [3.05, 3.63) is 0 Å². The lowest BCUT2D eigenvalue weighted by atomic mass is 9.88. The molecule has 2 bridgehead atoms. The molecule has 3 saturated heterocycles. The molecule has 3 aliphatic rings. The second-order valence-electron chi connectivity index (χ2n) is 4.95. The van der Waals surface area contributed by atoms with Crippen LogP contribution in [0.25, 0.3) is 0 Å². The molecule has 0 spiro atoms. The van der Waals surface area contributed by atoms with Crippen LogP contribution in [0.3, 0.4) is 0 Å². The lowest BCUT2D eigenvalue weighted by molar-refractivity contribution is -0.0143. The molecule has 3 aliphatic heterocycles. The van der Waals surface area contributed by atoms with Crippen LogP contribution in [-0.4, -0.2) is 62.2 Å². The molecule has 0 radical (unpaired) electrons. The summed E-state index contributed by atoms with van der Waals surface area (Å²) in [6, 6.07) is 1.74. The van der Waals surface area contributed by atoms with Gasteiger partial charge >= 0.3 is 0 Å². The summed E-state index contributed by atoms with van der Waals surface area (Å²) < 4.78 is 0. The predicted molar refractivity (Wildman–Crippen MR) is 59.6 cm³/mol. The summed E-state index contributed by atoms with van der Waals surface area (Å²) >= 11 is 0. The summed E-state index contributed by atoms with van der Waals surface area (Å²) in [7, 11) is 4.31. The Morgan fingerprint density at radius 2 is 1.93 bits per heavy atom. The van der Waals surface area contributed by atoms with Crippen molar-refractivity contribution in [2.45, 2.75) is 31.3 Å². The first-order valence-corrected chi connectivity index (χ1v) is 5.88. The van der Waals surface area contributed by atoms with E-state index >= 15 is 0 Å². The maximum absolute atomic E-state index is 3.47. The third kappa shape index (κ3) is 2.27. The Hall–Kier alpha value is -0.120. The van der Waals surface area contributed by atoms with Gasteiger partial charge in [-0.25, -0.2) is 0 Å². The monoisotopic (exact) mass is 197 g/mol. The molecule has 0 aromatic carbocycles. The fourth-order valence-corrected chi connectivity index (χ4v) is 2.65. The minimum atomic E-state index is 0.869. The lowest BCUT2D eigenvalue weighted by Crippen LogP contribution is -2.67. The molecule has 3 heterocycles. The zero-order valence-electron chi connectivity index (χ0n) is 9.50. The minimum absolute atomic E-state index is 0.869. The second-order valence-corrected chi connectivity index (χ2v) is 4.95. The van der Waals surface area contributed by atoms with Gasteiger partial charge < -0.3 is 10.2 Å². The highest BCUT2D eigenvalue weighted by atomic mass is 15.3. The van der Waals surface area contributed by atoms with E-state index in [-0.39, 0.29) is 0 Å². The van der Waals surface area contributed by atoms with Gasteiger partial charge in [0.05, 0.1) is 0 Å². The van der Waals surface area contributed by atoms with E-state index < -0.39 is 0 Å². The number of hydrogen-bond donors (Lipinski definition) is 1. The first kappa shape index (κ1) is 10.4. The minimum Gasteiger partial charge on any atom is -0.314 e. The number of piperidine rings is 1. The zero-order valence-corrected chi connectivity index (χ0v) is 9.50. The van der Waals surface area contributed by atoms with Crippen molar-refractivity contribution in [3.8, 4) is 0 Å². The van der Waals surface area contributed by atoms with Crippen molar-refractivity contribution < 1.29 is 0 Å². The molecule has 3 fully saturated rings. The Labute approximate surface area is 87.4 Å². The molecule has 0 aliphatic carbocycles. The van der Waals surface area contributed by atoms with Gasteiger partial charge in [0.15, 0.2) is 0 Å². The topological polar surface area (TPSA) is 18.5 Å². The normalized spacial score (nSPS) is 31.9. The van der Waals surface area contributed by atoms with Gasteiger partial charge in [0.2, 0.25) is 0 Å². The van der Waals surface area contributed by atoms with E-state index in [1.807, 2.05) is 0 Å². The highest BCUT2D eigenvalue weighted by molar-refractivity contribution is 4.99. The first-order chi connectivity index (χ1) is 6.77. The smallest absolute Gasteiger partial charge is 0.0239 e. The molecule has 2 atom stereocenters. The average molecular weight is 197 g/mol. The molecule has 0 amide bonds. The maximum Gasteiger partial charge on any atom is 0.0239 e. The van der Waals surface area contributed by atoms with Crippen LogP contribution in [0.4, 0.5) is 0 Å². The van der Waals surface area contributed by atoms with E-state index in [4.69, 9.17) is 0 Å². The fourth-order valence-electron chi connectivity index (χ4n) is 2.65. The summed E-state index contributed by atoms with van der Waals surface area (Å²) in [5.74, 6) is 0. The molecule has 82 valence electrons. The Kier molecular flexibility index (Phi) is 3.42. The zero-order chi connectivity index (χ0) is 9.97. The van der Waals surface area contributed by atoms with E-state index in [1.54, 1.807) is 0 Å². The summed E-state index contributed by atoms with van der Waals surface area (Å²) in [5, 5.41) is 3.47. The second kappa shape index (κ2) is 4.60.